The van der Waals surface area contributed by atoms with Crippen molar-refractivity contribution < 1.29 is 43.1 Å². The van der Waals surface area contributed by atoms with Crippen LogP contribution in [0.1, 0.15) is 27.4 Å². The van der Waals surface area contributed by atoms with Gasteiger partial charge in [0.2, 0.25) is 12.5 Å². The Hall–Kier alpha value is -3.46. The highest BCUT2D eigenvalue weighted by atomic mass is 16.7. The van der Waals surface area contributed by atoms with E-state index in [1.165, 1.54) is 28.4 Å². The highest BCUT2D eigenvalue weighted by Crippen LogP contribution is 2.50. The second kappa shape index (κ2) is 8.58. The zero-order valence-electron chi connectivity index (χ0n) is 18.2. The minimum atomic E-state index is -1.00. The summed E-state index contributed by atoms with van der Waals surface area (Å²) in [4.78, 5) is 26.2. The number of hydrogen-bond acceptors (Lipinski definition) is 9. The van der Waals surface area contributed by atoms with E-state index in [0.29, 0.717) is 45.4 Å². The summed E-state index contributed by atoms with van der Waals surface area (Å²) in [6.45, 7) is -0.488. The van der Waals surface area contributed by atoms with Gasteiger partial charge < -0.3 is 33.5 Å². The fraction of sp³-hybridized carbons (Fsp3) is 0.391. The number of ketones is 1. The zero-order valence-corrected chi connectivity index (χ0v) is 18.2. The van der Waals surface area contributed by atoms with E-state index < -0.39 is 30.3 Å². The number of ether oxygens (including phenoxy) is 6. The standard InChI is InChI=1S/C23H24O9/c1-27-17-5-11(6-18(28-2)22(17)29-3)19-12-7-15-16(32-10-31-15)8-13(12)21(25)14(9-24)20(19)23(26)30-4/h5-8,14,19-20,24H,9-10H2,1-4H3/t14-,19+,20+/m0/s1. The molecule has 9 nitrogen and oxygen atoms in total. The average Bonchev–Trinajstić information content (AvgIpc) is 3.28. The average molecular weight is 444 g/mol. The first-order valence-corrected chi connectivity index (χ1v) is 9.95. The number of carbonyl (C=O) groups is 2. The van der Waals surface area contributed by atoms with Crippen molar-refractivity contribution in [3.8, 4) is 28.7 Å². The molecule has 1 aliphatic heterocycles. The van der Waals surface area contributed by atoms with E-state index in [0.717, 1.165) is 0 Å². The van der Waals surface area contributed by atoms with E-state index in [2.05, 4.69) is 0 Å². The number of carbonyl (C=O) groups excluding carboxylic acids is 2. The van der Waals surface area contributed by atoms with Gasteiger partial charge in [0.15, 0.2) is 28.8 Å². The topological polar surface area (TPSA) is 110 Å². The number of benzene rings is 2. The number of Topliss-reactive ketones (excluding diaryl/α,β-unsaturated/α-hetero) is 1. The van der Waals surface area contributed by atoms with Crippen molar-refractivity contribution in [2.45, 2.75) is 5.92 Å². The predicted octanol–water partition coefficient (Wildman–Crippen LogP) is 2.17. The molecule has 2 aliphatic rings. The number of hydrogen-bond donors (Lipinski definition) is 1. The molecule has 1 aliphatic carbocycles. The zero-order chi connectivity index (χ0) is 23.0. The molecule has 0 radical (unpaired) electrons. The van der Waals surface area contributed by atoms with Crippen molar-refractivity contribution in [1.29, 1.82) is 0 Å². The third-order valence-electron chi connectivity index (χ3n) is 5.99. The smallest absolute Gasteiger partial charge is 0.310 e. The molecule has 0 spiro atoms. The number of aliphatic hydroxyl groups is 1. The first kappa shape index (κ1) is 21.8. The molecule has 3 atom stereocenters. The van der Waals surface area contributed by atoms with Crippen LogP contribution in [0.2, 0.25) is 0 Å². The monoisotopic (exact) mass is 444 g/mol. The van der Waals surface area contributed by atoms with Crippen LogP contribution in [-0.4, -0.2) is 58.7 Å². The summed E-state index contributed by atoms with van der Waals surface area (Å²) in [7, 11) is 5.73. The Labute approximate surface area is 184 Å². The fourth-order valence-electron chi connectivity index (χ4n) is 4.52. The maximum atomic E-state index is 13.3. The summed E-state index contributed by atoms with van der Waals surface area (Å²) in [5, 5.41) is 10.1. The number of esters is 1. The first-order chi connectivity index (χ1) is 15.5. The van der Waals surface area contributed by atoms with Crippen molar-refractivity contribution in [1.82, 2.24) is 0 Å². The number of rotatable bonds is 6. The van der Waals surface area contributed by atoms with Gasteiger partial charge in [0.25, 0.3) is 0 Å². The third-order valence-corrected chi connectivity index (χ3v) is 5.99. The van der Waals surface area contributed by atoms with E-state index in [4.69, 9.17) is 28.4 Å². The van der Waals surface area contributed by atoms with E-state index in [1.807, 2.05) is 0 Å². The summed E-state index contributed by atoms with van der Waals surface area (Å²) < 4.78 is 32.4. The van der Waals surface area contributed by atoms with Gasteiger partial charge in [-0.3, -0.25) is 9.59 Å². The van der Waals surface area contributed by atoms with Gasteiger partial charge in [-0.25, -0.2) is 0 Å². The van der Waals surface area contributed by atoms with Gasteiger partial charge in [0, 0.05) is 11.5 Å². The molecule has 1 N–H and O–H groups in total. The van der Waals surface area contributed by atoms with Crippen LogP contribution in [0, 0.1) is 11.8 Å². The number of methoxy groups -OCH3 is 4. The molecule has 2 aromatic rings. The van der Waals surface area contributed by atoms with Gasteiger partial charge in [-0.1, -0.05) is 0 Å². The van der Waals surface area contributed by atoms with Gasteiger partial charge in [0.1, 0.15) is 0 Å². The molecule has 1 heterocycles. The molecule has 4 rings (SSSR count). The SMILES string of the molecule is COC(=O)[C@H]1[C@H](c2cc(OC)c(OC)c(OC)c2)c2cc3c(cc2C(=O)[C@H]1CO)OCO3. The van der Waals surface area contributed by atoms with Crippen LogP contribution in [0.25, 0.3) is 0 Å². The van der Waals surface area contributed by atoms with Crippen molar-refractivity contribution in [2.24, 2.45) is 11.8 Å². The third kappa shape index (κ3) is 3.29. The highest BCUT2D eigenvalue weighted by Gasteiger charge is 2.48. The molecular weight excluding hydrogens is 420 g/mol. The van der Waals surface area contributed by atoms with Gasteiger partial charge in [-0.15, -0.1) is 0 Å². The lowest BCUT2D eigenvalue weighted by Crippen LogP contribution is -2.42. The van der Waals surface area contributed by atoms with E-state index in [1.54, 1.807) is 24.3 Å². The van der Waals surface area contributed by atoms with Gasteiger partial charge >= 0.3 is 5.97 Å². The van der Waals surface area contributed by atoms with Crippen molar-refractivity contribution in [3.05, 3.63) is 41.0 Å². The summed E-state index contributed by atoms with van der Waals surface area (Å²) in [6, 6.07) is 6.75. The van der Waals surface area contributed by atoms with E-state index >= 15 is 0 Å². The lowest BCUT2D eigenvalue weighted by molar-refractivity contribution is -0.148. The second-order valence-corrected chi connectivity index (χ2v) is 7.43. The molecule has 0 unspecified atom stereocenters. The molecule has 2 aromatic carbocycles. The molecule has 0 saturated carbocycles. The minimum Gasteiger partial charge on any atom is -0.493 e. The molecule has 9 heteroatoms. The Balaban J connectivity index is 2.00. The lowest BCUT2D eigenvalue weighted by atomic mass is 9.66. The van der Waals surface area contributed by atoms with Crippen molar-refractivity contribution >= 4 is 11.8 Å². The maximum absolute atomic E-state index is 13.3. The van der Waals surface area contributed by atoms with E-state index in [9.17, 15) is 14.7 Å². The van der Waals surface area contributed by atoms with Crippen molar-refractivity contribution in [2.75, 3.05) is 41.8 Å². The molecule has 0 bridgehead atoms. The first-order valence-electron chi connectivity index (χ1n) is 9.95. The van der Waals surface area contributed by atoms with Gasteiger partial charge in [-0.05, 0) is 35.4 Å². The number of fused-ring (bicyclic) bond motifs is 2. The maximum Gasteiger partial charge on any atom is 0.310 e. The van der Waals surface area contributed by atoms with Crippen LogP contribution in [0.5, 0.6) is 28.7 Å². The summed E-state index contributed by atoms with van der Waals surface area (Å²) in [6.07, 6.45) is 0. The minimum absolute atomic E-state index is 0.0329. The largest absolute Gasteiger partial charge is 0.493 e. The van der Waals surface area contributed by atoms with Gasteiger partial charge in [0.05, 0.1) is 46.9 Å². The second-order valence-electron chi connectivity index (χ2n) is 7.43. The molecule has 32 heavy (non-hydrogen) atoms. The van der Waals surface area contributed by atoms with E-state index in [-0.39, 0.29) is 12.6 Å². The Morgan fingerprint density at radius 1 is 1.00 bits per heavy atom. The lowest BCUT2D eigenvalue weighted by Gasteiger charge is -2.37. The molecule has 0 amide bonds. The van der Waals surface area contributed by atoms with Crippen molar-refractivity contribution in [3.63, 3.8) is 0 Å². The Morgan fingerprint density at radius 3 is 2.16 bits per heavy atom. The van der Waals surface area contributed by atoms with Crippen LogP contribution >= 0.6 is 0 Å². The van der Waals surface area contributed by atoms with Gasteiger partial charge in [-0.2, -0.15) is 0 Å². The summed E-state index contributed by atoms with van der Waals surface area (Å²) in [5.74, 6) is -1.52. The number of aliphatic hydroxyl groups excluding tert-OH is 1. The van der Waals surface area contributed by atoms with Crippen LogP contribution in [0.3, 0.4) is 0 Å². The fourth-order valence-corrected chi connectivity index (χ4v) is 4.52. The van der Waals surface area contributed by atoms with Crippen LogP contribution < -0.4 is 23.7 Å². The molecular formula is C23H24O9. The molecule has 0 fully saturated rings. The highest BCUT2D eigenvalue weighted by molar-refractivity contribution is 6.04. The molecule has 0 saturated heterocycles. The Kier molecular flexibility index (Phi) is 5.84. The Morgan fingerprint density at radius 2 is 1.62 bits per heavy atom. The normalized spacial score (nSPS) is 21.0. The van der Waals surface area contributed by atoms with Crippen LogP contribution in [0.4, 0.5) is 0 Å². The summed E-state index contributed by atoms with van der Waals surface area (Å²) >= 11 is 0. The Bertz CT molecular complexity index is 1040. The predicted molar refractivity (Wildman–Crippen MR) is 111 cm³/mol. The summed E-state index contributed by atoms with van der Waals surface area (Å²) in [5.41, 5.74) is 1.54. The molecule has 170 valence electrons. The van der Waals surface area contributed by atoms with Crippen LogP contribution in [0.15, 0.2) is 24.3 Å². The molecule has 0 aromatic heterocycles. The quantitative estimate of drug-likeness (QED) is 0.670. The van der Waals surface area contributed by atoms with Crippen LogP contribution in [-0.2, 0) is 9.53 Å².